The highest BCUT2D eigenvalue weighted by Crippen LogP contribution is 2.28. The van der Waals surface area contributed by atoms with Crippen molar-refractivity contribution in [1.82, 2.24) is 9.80 Å². The lowest BCUT2D eigenvalue weighted by atomic mass is 9.84. The van der Waals surface area contributed by atoms with E-state index in [1.54, 1.807) is 12.1 Å². The lowest BCUT2D eigenvalue weighted by molar-refractivity contribution is 0.0514. The average molecular weight is 290 g/mol. The van der Waals surface area contributed by atoms with Gasteiger partial charge in [-0.2, -0.15) is 0 Å². The van der Waals surface area contributed by atoms with Crippen molar-refractivity contribution in [2.75, 3.05) is 26.2 Å². The Morgan fingerprint density at radius 3 is 2.48 bits per heavy atom. The molecule has 1 saturated heterocycles. The molecule has 0 spiro atoms. The van der Waals surface area contributed by atoms with Crippen LogP contribution in [0.3, 0.4) is 0 Å². The van der Waals surface area contributed by atoms with E-state index in [4.69, 9.17) is 0 Å². The first-order chi connectivity index (χ1) is 10.2. The zero-order valence-corrected chi connectivity index (χ0v) is 13.1. The van der Waals surface area contributed by atoms with Gasteiger partial charge in [0.2, 0.25) is 0 Å². The van der Waals surface area contributed by atoms with Crippen LogP contribution < -0.4 is 0 Å². The predicted molar refractivity (Wildman–Crippen MR) is 84.7 cm³/mol. The van der Waals surface area contributed by atoms with E-state index in [9.17, 15) is 4.39 Å². The number of piperazine rings is 1. The maximum absolute atomic E-state index is 13.7. The van der Waals surface area contributed by atoms with Crippen molar-refractivity contribution in [3.63, 3.8) is 0 Å². The Balaban J connectivity index is 1.52. The van der Waals surface area contributed by atoms with Gasteiger partial charge in [0.1, 0.15) is 5.82 Å². The van der Waals surface area contributed by atoms with Gasteiger partial charge in [-0.1, -0.05) is 38.0 Å². The van der Waals surface area contributed by atoms with Gasteiger partial charge in [0.05, 0.1) is 0 Å². The molecule has 0 amide bonds. The maximum atomic E-state index is 13.7. The van der Waals surface area contributed by atoms with Crippen LogP contribution in [-0.2, 0) is 6.54 Å². The van der Waals surface area contributed by atoms with Gasteiger partial charge in [-0.3, -0.25) is 9.80 Å². The SMILES string of the molecule is C[C@H]1CCCC[C@@H]1N1CCN(Cc2ccccc2F)CC1. The Hall–Kier alpha value is -0.930. The van der Waals surface area contributed by atoms with Crippen molar-refractivity contribution in [1.29, 1.82) is 0 Å². The number of nitrogens with zero attached hydrogens (tertiary/aromatic N) is 2. The molecule has 1 aliphatic heterocycles. The lowest BCUT2D eigenvalue weighted by Crippen LogP contribution is -2.52. The first-order valence-corrected chi connectivity index (χ1v) is 8.44. The molecule has 0 aromatic heterocycles. The van der Waals surface area contributed by atoms with Crippen LogP contribution >= 0.6 is 0 Å². The van der Waals surface area contributed by atoms with Crippen LogP contribution in [0, 0.1) is 11.7 Å². The highest BCUT2D eigenvalue weighted by molar-refractivity contribution is 5.17. The van der Waals surface area contributed by atoms with Crippen LogP contribution in [0.2, 0.25) is 0 Å². The Morgan fingerprint density at radius 1 is 1.05 bits per heavy atom. The molecule has 1 saturated carbocycles. The van der Waals surface area contributed by atoms with Crippen LogP contribution in [0.4, 0.5) is 4.39 Å². The normalized spacial score (nSPS) is 28.7. The van der Waals surface area contributed by atoms with Gasteiger partial charge >= 0.3 is 0 Å². The largest absolute Gasteiger partial charge is 0.298 e. The smallest absolute Gasteiger partial charge is 0.127 e. The molecular weight excluding hydrogens is 263 g/mol. The summed E-state index contributed by atoms with van der Waals surface area (Å²) in [4.78, 5) is 5.07. The zero-order valence-electron chi connectivity index (χ0n) is 13.1. The third-order valence-corrected chi connectivity index (χ3v) is 5.29. The Bertz CT molecular complexity index is 454. The minimum Gasteiger partial charge on any atom is -0.298 e. The number of rotatable bonds is 3. The van der Waals surface area contributed by atoms with Crippen molar-refractivity contribution in [2.45, 2.75) is 45.2 Å². The average Bonchev–Trinajstić information content (AvgIpc) is 2.51. The van der Waals surface area contributed by atoms with Crippen LogP contribution in [0.15, 0.2) is 24.3 Å². The summed E-state index contributed by atoms with van der Waals surface area (Å²) >= 11 is 0. The molecule has 2 nitrogen and oxygen atoms in total. The van der Waals surface area contributed by atoms with Gasteiger partial charge in [-0.15, -0.1) is 0 Å². The van der Waals surface area contributed by atoms with Crippen molar-refractivity contribution in [3.8, 4) is 0 Å². The second-order valence-electron chi connectivity index (χ2n) is 6.73. The number of benzene rings is 1. The van der Waals surface area contributed by atoms with E-state index in [2.05, 4.69) is 16.7 Å². The van der Waals surface area contributed by atoms with Gasteiger partial charge in [0.25, 0.3) is 0 Å². The second kappa shape index (κ2) is 6.89. The molecule has 116 valence electrons. The van der Waals surface area contributed by atoms with Gasteiger partial charge < -0.3 is 0 Å². The number of hydrogen-bond donors (Lipinski definition) is 0. The fourth-order valence-corrected chi connectivity index (χ4v) is 3.96. The van der Waals surface area contributed by atoms with Gasteiger partial charge in [-0.05, 0) is 24.8 Å². The number of halogens is 1. The van der Waals surface area contributed by atoms with E-state index in [-0.39, 0.29) is 5.82 Å². The monoisotopic (exact) mass is 290 g/mol. The molecule has 1 aliphatic carbocycles. The summed E-state index contributed by atoms with van der Waals surface area (Å²) in [5.74, 6) is 0.776. The fraction of sp³-hybridized carbons (Fsp3) is 0.667. The van der Waals surface area contributed by atoms with Gasteiger partial charge in [0, 0.05) is 44.3 Å². The van der Waals surface area contributed by atoms with E-state index < -0.39 is 0 Å². The highest BCUT2D eigenvalue weighted by Gasteiger charge is 2.29. The fourth-order valence-electron chi connectivity index (χ4n) is 3.96. The first kappa shape index (κ1) is 15.0. The standard InChI is InChI=1S/C18H27FN2/c1-15-6-2-5-9-18(15)21-12-10-20(11-13-21)14-16-7-3-4-8-17(16)19/h3-4,7-8,15,18H,2,5-6,9-14H2,1H3/t15-,18-/m0/s1. The van der Waals surface area contributed by atoms with E-state index in [1.807, 2.05) is 12.1 Å². The Morgan fingerprint density at radius 2 is 1.76 bits per heavy atom. The summed E-state index contributed by atoms with van der Waals surface area (Å²) in [7, 11) is 0. The summed E-state index contributed by atoms with van der Waals surface area (Å²) in [5, 5.41) is 0. The highest BCUT2D eigenvalue weighted by atomic mass is 19.1. The summed E-state index contributed by atoms with van der Waals surface area (Å²) in [6.45, 7) is 7.58. The molecule has 1 aromatic carbocycles. The van der Waals surface area contributed by atoms with Gasteiger partial charge in [-0.25, -0.2) is 4.39 Å². The lowest BCUT2D eigenvalue weighted by Gasteiger charge is -2.43. The molecule has 0 unspecified atom stereocenters. The minimum atomic E-state index is -0.0687. The summed E-state index contributed by atoms with van der Waals surface area (Å²) in [6, 6.07) is 7.95. The molecule has 0 radical (unpaired) electrons. The van der Waals surface area contributed by atoms with Crippen LogP contribution in [0.5, 0.6) is 0 Å². The predicted octanol–water partition coefficient (Wildman–Crippen LogP) is 3.52. The molecule has 3 heteroatoms. The Labute approximate surface area is 127 Å². The topological polar surface area (TPSA) is 6.48 Å². The molecule has 2 aliphatic rings. The van der Waals surface area contributed by atoms with E-state index >= 15 is 0 Å². The molecule has 3 rings (SSSR count). The molecule has 0 bridgehead atoms. The summed E-state index contributed by atoms with van der Waals surface area (Å²) < 4.78 is 13.7. The van der Waals surface area contributed by atoms with Crippen molar-refractivity contribution < 1.29 is 4.39 Å². The minimum absolute atomic E-state index is 0.0687. The molecule has 1 heterocycles. The van der Waals surface area contributed by atoms with Gasteiger partial charge in [0.15, 0.2) is 0 Å². The van der Waals surface area contributed by atoms with Crippen molar-refractivity contribution in [2.24, 2.45) is 5.92 Å². The molecular formula is C18H27FN2. The van der Waals surface area contributed by atoms with Crippen molar-refractivity contribution >= 4 is 0 Å². The quantitative estimate of drug-likeness (QED) is 0.840. The summed E-state index contributed by atoms with van der Waals surface area (Å²) in [6.07, 6.45) is 5.56. The van der Waals surface area contributed by atoms with E-state index in [1.165, 1.54) is 25.7 Å². The van der Waals surface area contributed by atoms with Crippen molar-refractivity contribution in [3.05, 3.63) is 35.6 Å². The molecule has 2 atom stereocenters. The molecule has 1 aromatic rings. The first-order valence-electron chi connectivity index (χ1n) is 8.44. The zero-order chi connectivity index (χ0) is 14.7. The van der Waals surface area contributed by atoms with E-state index in [0.29, 0.717) is 0 Å². The molecule has 21 heavy (non-hydrogen) atoms. The number of hydrogen-bond acceptors (Lipinski definition) is 2. The summed E-state index contributed by atoms with van der Waals surface area (Å²) in [5.41, 5.74) is 0.831. The second-order valence-corrected chi connectivity index (χ2v) is 6.73. The van der Waals surface area contributed by atoms with E-state index in [0.717, 1.165) is 50.2 Å². The van der Waals surface area contributed by atoms with Crippen LogP contribution in [0.25, 0.3) is 0 Å². The van der Waals surface area contributed by atoms with Crippen LogP contribution in [-0.4, -0.2) is 42.0 Å². The van der Waals surface area contributed by atoms with Crippen LogP contribution in [0.1, 0.15) is 38.2 Å². The molecule has 2 fully saturated rings. The molecule has 0 N–H and O–H groups in total. The third kappa shape index (κ3) is 3.64. The maximum Gasteiger partial charge on any atom is 0.127 e. The third-order valence-electron chi connectivity index (χ3n) is 5.29. The Kier molecular flexibility index (Phi) is 4.91.